The van der Waals surface area contributed by atoms with Crippen LogP contribution in [0, 0.1) is 0 Å². The Morgan fingerprint density at radius 3 is 2.62 bits per heavy atom. The third-order valence-corrected chi connectivity index (χ3v) is 6.79. The molecule has 2 atom stereocenters. The molecular formula is C16H24N2O2S. The summed E-state index contributed by atoms with van der Waals surface area (Å²) in [6.07, 6.45) is 5.92. The van der Waals surface area contributed by atoms with E-state index >= 15 is 0 Å². The van der Waals surface area contributed by atoms with Gasteiger partial charge < -0.3 is 5.73 Å². The first kappa shape index (κ1) is 15.0. The number of rotatable bonds is 2. The van der Waals surface area contributed by atoms with Gasteiger partial charge in [-0.15, -0.1) is 0 Å². The lowest BCUT2D eigenvalue weighted by molar-refractivity contribution is 0.247. The number of piperidine rings is 1. The van der Waals surface area contributed by atoms with E-state index in [1.54, 1.807) is 10.4 Å². The van der Waals surface area contributed by atoms with E-state index in [9.17, 15) is 8.42 Å². The number of benzene rings is 1. The summed E-state index contributed by atoms with van der Waals surface area (Å²) >= 11 is 0. The molecular weight excluding hydrogens is 284 g/mol. The van der Waals surface area contributed by atoms with Crippen LogP contribution in [0.3, 0.4) is 0 Å². The van der Waals surface area contributed by atoms with Gasteiger partial charge in [0, 0.05) is 18.6 Å². The molecule has 2 aliphatic rings. The van der Waals surface area contributed by atoms with Gasteiger partial charge in [0.25, 0.3) is 0 Å². The van der Waals surface area contributed by atoms with E-state index in [4.69, 9.17) is 5.73 Å². The van der Waals surface area contributed by atoms with Crippen LogP contribution in [0.4, 0.5) is 0 Å². The molecule has 3 rings (SSSR count). The maximum Gasteiger partial charge on any atom is 0.243 e. The zero-order chi connectivity index (χ0) is 15.0. The van der Waals surface area contributed by atoms with Crippen LogP contribution in [0.2, 0.25) is 0 Å². The fraction of sp³-hybridized carbons (Fsp3) is 0.625. The minimum absolute atomic E-state index is 0.0187. The highest BCUT2D eigenvalue weighted by Gasteiger charge is 2.33. The summed E-state index contributed by atoms with van der Waals surface area (Å²) in [7, 11) is -3.39. The number of aryl methyl sites for hydroxylation is 2. The summed E-state index contributed by atoms with van der Waals surface area (Å²) in [6.45, 7) is 2.48. The predicted molar refractivity (Wildman–Crippen MR) is 83.6 cm³/mol. The summed E-state index contributed by atoms with van der Waals surface area (Å²) in [4.78, 5) is 0.450. The van der Waals surface area contributed by atoms with Crippen molar-refractivity contribution in [2.75, 3.05) is 6.54 Å². The maximum atomic E-state index is 12.9. The molecule has 1 aromatic carbocycles. The average molecular weight is 308 g/mol. The molecule has 2 N–H and O–H groups in total. The molecule has 1 fully saturated rings. The molecule has 2 unspecified atom stereocenters. The zero-order valence-electron chi connectivity index (χ0n) is 12.6. The van der Waals surface area contributed by atoms with E-state index in [1.165, 1.54) is 17.5 Å². The molecule has 1 aliphatic carbocycles. The number of sulfonamides is 1. The van der Waals surface area contributed by atoms with Crippen molar-refractivity contribution in [3.05, 3.63) is 29.3 Å². The molecule has 1 aliphatic heterocycles. The van der Waals surface area contributed by atoms with Gasteiger partial charge in [0.2, 0.25) is 10.0 Å². The average Bonchev–Trinajstić information content (AvgIpc) is 2.46. The van der Waals surface area contributed by atoms with E-state index in [0.717, 1.165) is 32.1 Å². The first-order chi connectivity index (χ1) is 9.98. The minimum Gasteiger partial charge on any atom is -0.328 e. The van der Waals surface area contributed by atoms with Crippen molar-refractivity contribution in [3.8, 4) is 0 Å². The van der Waals surface area contributed by atoms with Crippen LogP contribution in [0.1, 0.15) is 43.7 Å². The first-order valence-electron chi connectivity index (χ1n) is 7.88. The molecule has 4 nitrogen and oxygen atoms in total. The van der Waals surface area contributed by atoms with Crippen LogP contribution in [-0.4, -0.2) is 31.4 Å². The van der Waals surface area contributed by atoms with E-state index in [0.29, 0.717) is 11.4 Å². The summed E-state index contributed by atoms with van der Waals surface area (Å²) < 4.78 is 27.4. The molecule has 1 saturated heterocycles. The number of hydrogen-bond acceptors (Lipinski definition) is 3. The van der Waals surface area contributed by atoms with E-state index in [1.807, 2.05) is 19.1 Å². The minimum atomic E-state index is -3.39. The number of nitrogens with zero attached hydrogens (tertiary/aromatic N) is 1. The Hall–Kier alpha value is -0.910. The summed E-state index contributed by atoms with van der Waals surface area (Å²) in [5, 5.41) is 0. The third-order valence-electron chi connectivity index (χ3n) is 4.78. The van der Waals surface area contributed by atoms with E-state index in [-0.39, 0.29) is 12.1 Å². The van der Waals surface area contributed by atoms with Crippen molar-refractivity contribution < 1.29 is 8.42 Å². The Labute approximate surface area is 127 Å². The molecule has 0 saturated carbocycles. The van der Waals surface area contributed by atoms with Crippen LogP contribution >= 0.6 is 0 Å². The second-order valence-electron chi connectivity index (χ2n) is 6.39. The second-order valence-corrected chi connectivity index (χ2v) is 8.28. The van der Waals surface area contributed by atoms with Gasteiger partial charge in [-0.2, -0.15) is 4.31 Å². The van der Waals surface area contributed by atoms with Gasteiger partial charge in [-0.25, -0.2) is 8.42 Å². The first-order valence-corrected chi connectivity index (χ1v) is 9.32. The fourth-order valence-corrected chi connectivity index (χ4v) is 5.26. The van der Waals surface area contributed by atoms with Crippen LogP contribution in [0.25, 0.3) is 0 Å². The highest BCUT2D eigenvalue weighted by Crippen LogP contribution is 2.28. The smallest absolute Gasteiger partial charge is 0.243 e. The predicted octanol–water partition coefficient (Wildman–Crippen LogP) is 2.07. The van der Waals surface area contributed by atoms with Crippen molar-refractivity contribution in [2.24, 2.45) is 5.73 Å². The lowest BCUT2D eigenvalue weighted by atomic mass is 9.92. The Morgan fingerprint density at radius 2 is 1.90 bits per heavy atom. The van der Waals surface area contributed by atoms with Gasteiger partial charge in [-0.3, -0.25) is 0 Å². The highest BCUT2D eigenvalue weighted by molar-refractivity contribution is 7.89. The van der Waals surface area contributed by atoms with Crippen molar-refractivity contribution in [2.45, 2.75) is 62.4 Å². The molecule has 0 spiro atoms. The number of hydrogen-bond donors (Lipinski definition) is 1. The van der Waals surface area contributed by atoms with Gasteiger partial charge in [0.1, 0.15) is 0 Å². The van der Waals surface area contributed by atoms with Gasteiger partial charge >= 0.3 is 0 Å². The van der Waals surface area contributed by atoms with Crippen molar-refractivity contribution >= 4 is 10.0 Å². The summed E-state index contributed by atoms with van der Waals surface area (Å²) in [6, 6.07) is 5.78. The fourth-order valence-electron chi connectivity index (χ4n) is 3.55. The normalized spacial score (nSPS) is 27.3. The Bertz CT molecular complexity index is 627. The van der Waals surface area contributed by atoms with Crippen LogP contribution in [0.5, 0.6) is 0 Å². The molecule has 5 heteroatoms. The van der Waals surface area contributed by atoms with Gasteiger partial charge in [-0.05, 0) is 68.7 Å². The van der Waals surface area contributed by atoms with Gasteiger partial charge in [0.05, 0.1) is 4.90 Å². The monoisotopic (exact) mass is 308 g/mol. The molecule has 1 heterocycles. The number of nitrogens with two attached hydrogens (primary N) is 1. The van der Waals surface area contributed by atoms with Crippen LogP contribution < -0.4 is 5.73 Å². The third kappa shape index (κ3) is 2.87. The Balaban J connectivity index is 1.91. The standard InChI is InChI=1S/C16H24N2O2S/c1-12-10-15(17)8-9-18(12)21(19,20)16-7-6-13-4-2-3-5-14(13)11-16/h6-7,11-12,15H,2-5,8-10,17H2,1H3. The SMILES string of the molecule is CC1CC(N)CCN1S(=O)(=O)c1ccc2c(c1)CCCC2. The second kappa shape index (κ2) is 5.71. The summed E-state index contributed by atoms with van der Waals surface area (Å²) in [5.74, 6) is 0. The highest BCUT2D eigenvalue weighted by atomic mass is 32.2. The van der Waals surface area contributed by atoms with Gasteiger partial charge in [0.15, 0.2) is 0 Å². The topological polar surface area (TPSA) is 63.4 Å². The van der Waals surface area contributed by atoms with Crippen molar-refractivity contribution in [3.63, 3.8) is 0 Å². The molecule has 0 amide bonds. The maximum absolute atomic E-state index is 12.9. The molecule has 1 aromatic rings. The lowest BCUT2D eigenvalue weighted by Crippen LogP contribution is -2.48. The van der Waals surface area contributed by atoms with Gasteiger partial charge in [-0.1, -0.05) is 6.07 Å². The van der Waals surface area contributed by atoms with Crippen molar-refractivity contribution in [1.82, 2.24) is 4.31 Å². The lowest BCUT2D eigenvalue weighted by Gasteiger charge is -2.35. The van der Waals surface area contributed by atoms with Crippen LogP contribution in [-0.2, 0) is 22.9 Å². The Kier molecular flexibility index (Phi) is 4.08. The van der Waals surface area contributed by atoms with Crippen LogP contribution in [0.15, 0.2) is 23.1 Å². The molecule has 0 bridgehead atoms. The van der Waals surface area contributed by atoms with E-state index in [2.05, 4.69) is 0 Å². The quantitative estimate of drug-likeness (QED) is 0.909. The largest absolute Gasteiger partial charge is 0.328 e. The molecule has 0 radical (unpaired) electrons. The summed E-state index contributed by atoms with van der Waals surface area (Å²) in [5.41, 5.74) is 8.46. The number of fused-ring (bicyclic) bond motifs is 1. The Morgan fingerprint density at radius 1 is 1.19 bits per heavy atom. The molecule has 0 aromatic heterocycles. The van der Waals surface area contributed by atoms with Crippen molar-refractivity contribution in [1.29, 1.82) is 0 Å². The molecule has 116 valence electrons. The zero-order valence-corrected chi connectivity index (χ0v) is 13.4. The molecule has 21 heavy (non-hydrogen) atoms. The van der Waals surface area contributed by atoms with E-state index < -0.39 is 10.0 Å².